The van der Waals surface area contributed by atoms with E-state index in [2.05, 4.69) is 15.5 Å². The molecule has 5 nitrogen and oxygen atoms in total. The van der Waals surface area contributed by atoms with E-state index >= 15 is 0 Å². The van der Waals surface area contributed by atoms with Crippen LogP contribution in [0.2, 0.25) is 0 Å². The summed E-state index contributed by atoms with van der Waals surface area (Å²) in [5.41, 5.74) is -0.460. The molecular weight excluding hydrogens is 395 g/mol. The van der Waals surface area contributed by atoms with Gasteiger partial charge in [-0.2, -0.15) is 13.2 Å². The average Bonchev–Trinajstić information content (AvgIpc) is 2.92. The summed E-state index contributed by atoms with van der Waals surface area (Å²) in [6.07, 6.45) is -0.411. The lowest BCUT2D eigenvalue weighted by Gasteiger charge is -2.23. The third-order valence-corrected chi connectivity index (χ3v) is 5.57. The number of aliphatic hydroxyl groups is 1. The lowest BCUT2D eigenvalue weighted by molar-refractivity contribution is -0.137. The van der Waals surface area contributed by atoms with Gasteiger partial charge in [0, 0.05) is 16.3 Å². The van der Waals surface area contributed by atoms with Gasteiger partial charge in [-0.3, -0.25) is 0 Å². The molecule has 0 spiro atoms. The fraction of sp³-hybridized carbons (Fsp3) is 0.364. The molecule has 1 fully saturated rings. The summed E-state index contributed by atoms with van der Waals surface area (Å²) in [7, 11) is 0. The van der Waals surface area contributed by atoms with E-state index in [1.54, 1.807) is 12.1 Å². The second-order valence-corrected chi connectivity index (χ2v) is 7.63. The first-order chi connectivity index (χ1) is 14.3. The number of hydrogen-bond donors (Lipinski definition) is 3. The van der Waals surface area contributed by atoms with Crippen molar-refractivity contribution in [2.24, 2.45) is 0 Å². The number of alkyl halides is 3. The minimum Gasteiger partial charge on any atom is -0.507 e. The van der Waals surface area contributed by atoms with E-state index in [-0.39, 0.29) is 11.6 Å². The zero-order chi connectivity index (χ0) is 21.3. The van der Waals surface area contributed by atoms with Gasteiger partial charge < -0.3 is 15.5 Å². The fourth-order valence-electron chi connectivity index (χ4n) is 3.95. The molecule has 2 aromatic carbocycles. The summed E-state index contributed by atoms with van der Waals surface area (Å²) in [5.74, 6) is -0.00382. The van der Waals surface area contributed by atoms with E-state index in [1.165, 1.54) is 6.07 Å². The second-order valence-electron chi connectivity index (χ2n) is 7.63. The Morgan fingerprint density at radius 1 is 0.933 bits per heavy atom. The first kappa shape index (κ1) is 20.4. The molecule has 4 rings (SSSR count). The Morgan fingerprint density at radius 2 is 1.67 bits per heavy atom. The van der Waals surface area contributed by atoms with Gasteiger partial charge in [0.15, 0.2) is 5.82 Å². The summed E-state index contributed by atoms with van der Waals surface area (Å²) in [6, 6.07) is 9.91. The highest BCUT2D eigenvalue weighted by atomic mass is 19.4. The van der Waals surface area contributed by atoms with Crippen molar-refractivity contribution >= 4 is 16.6 Å². The number of halogens is 3. The molecule has 158 valence electrons. The molecule has 30 heavy (non-hydrogen) atoms. The van der Waals surface area contributed by atoms with Gasteiger partial charge in [-0.25, -0.2) is 0 Å². The van der Waals surface area contributed by atoms with Crippen molar-refractivity contribution in [1.82, 2.24) is 10.2 Å². The second kappa shape index (κ2) is 8.10. The standard InChI is InChI=1S/C22H22F3N3O2/c23-22(24,25)13-10-11-16(19(30)12-13)20-14-6-4-5-7-15(14)21(28-27-20)26-17-8-2-1-3-9-18(17)29/h4-7,10-12,17-18,29-30H,1-3,8-9H2,(H,26,28)/t17?,18-/m0/s1. The van der Waals surface area contributed by atoms with Gasteiger partial charge in [0.1, 0.15) is 11.4 Å². The molecule has 3 aromatic rings. The Hall–Kier alpha value is -2.87. The molecule has 1 heterocycles. The van der Waals surface area contributed by atoms with E-state index in [0.29, 0.717) is 23.0 Å². The molecule has 8 heteroatoms. The summed E-state index contributed by atoms with van der Waals surface area (Å²) in [6.45, 7) is 0. The predicted octanol–water partition coefficient (Wildman–Crippen LogP) is 5.13. The Bertz CT molecular complexity index is 1060. The number of fused-ring (bicyclic) bond motifs is 1. The van der Waals surface area contributed by atoms with Gasteiger partial charge in [-0.1, -0.05) is 43.5 Å². The van der Waals surface area contributed by atoms with Crippen LogP contribution in [0.5, 0.6) is 5.75 Å². The Labute approximate surface area is 171 Å². The minimum atomic E-state index is -4.54. The van der Waals surface area contributed by atoms with Crippen molar-refractivity contribution < 1.29 is 23.4 Å². The summed E-state index contributed by atoms with van der Waals surface area (Å²) in [5, 5.41) is 33.8. The number of rotatable bonds is 3. The predicted molar refractivity (Wildman–Crippen MR) is 108 cm³/mol. The molecule has 3 N–H and O–H groups in total. The van der Waals surface area contributed by atoms with Crippen molar-refractivity contribution in [3.8, 4) is 17.0 Å². The maximum absolute atomic E-state index is 12.9. The maximum atomic E-state index is 12.9. The normalized spacial score (nSPS) is 20.1. The molecule has 0 bridgehead atoms. The number of nitrogens with one attached hydrogen (secondary N) is 1. The van der Waals surface area contributed by atoms with Crippen molar-refractivity contribution in [1.29, 1.82) is 0 Å². The highest BCUT2D eigenvalue weighted by molar-refractivity contribution is 6.00. The van der Waals surface area contributed by atoms with E-state index in [1.807, 2.05) is 12.1 Å². The molecule has 1 aromatic heterocycles. The van der Waals surface area contributed by atoms with Gasteiger partial charge >= 0.3 is 6.18 Å². The van der Waals surface area contributed by atoms with E-state index < -0.39 is 23.6 Å². The molecule has 1 saturated carbocycles. The lowest BCUT2D eigenvalue weighted by Crippen LogP contribution is -2.33. The van der Waals surface area contributed by atoms with Crippen LogP contribution < -0.4 is 5.32 Å². The molecule has 1 unspecified atom stereocenters. The number of anilines is 1. The molecule has 0 radical (unpaired) electrons. The Morgan fingerprint density at radius 3 is 2.40 bits per heavy atom. The molecule has 0 amide bonds. The van der Waals surface area contributed by atoms with Gasteiger partial charge in [-0.15, -0.1) is 10.2 Å². The first-order valence-electron chi connectivity index (χ1n) is 9.95. The molecule has 2 atom stereocenters. The minimum absolute atomic E-state index is 0.143. The summed E-state index contributed by atoms with van der Waals surface area (Å²) >= 11 is 0. The van der Waals surface area contributed by atoms with E-state index in [4.69, 9.17) is 0 Å². The van der Waals surface area contributed by atoms with Crippen LogP contribution in [0.4, 0.5) is 19.0 Å². The molecular formula is C22H22F3N3O2. The van der Waals surface area contributed by atoms with Crippen LogP contribution >= 0.6 is 0 Å². The number of aliphatic hydroxyl groups excluding tert-OH is 1. The van der Waals surface area contributed by atoms with Crippen LogP contribution in [0.25, 0.3) is 22.0 Å². The van der Waals surface area contributed by atoms with Gasteiger partial charge in [0.05, 0.1) is 17.7 Å². The van der Waals surface area contributed by atoms with Crippen molar-refractivity contribution in [2.45, 2.75) is 50.4 Å². The zero-order valence-electron chi connectivity index (χ0n) is 16.2. The number of aromatic nitrogens is 2. The van der Waals surface area contributed by atoms with Crippen molar-refractivity contribution in [2.75, 3.05) is 5.32 Å². The number of benzene rings is 2. The third-order valence-electron chi connectivity index (χ3n) is 5.57. The quantitative estimate of drug-likeness (QED) is 0.515. The third kappa shape index (κ3) is 4.05. The Balaban J connectivity index is 1.74. The van der Waals surface area contributed by atoms with Crippen molar-refractivity contribution in [3.63, 3.8) is 0 Å². The largest absolute Gasteiger partial charge is 0.507 e. The fourth-order valence-corrected chi connectivity index (χ4v) is 3.95. The number of hydrogen-bond acceptors (Lipinski definition) is 5. The molecule has 0 saturated heterocycles. The number of phenols is 1. The molecule has 1 aliphatic rings. The van der Waals surface area contributed by atoms with Crippen molar-refractivity contribution in [3.05, 3.63) is 48.0 Å². The first-order valence-corrected chi connectivity index (χ1v) is 9.95. The lowest BCUT2D eigenvalue weighted by atomic mass is 10.0. The zero-order valence-corrected chi connectivity index (χ0v) is 16.2. The maximum Gasteiger partial charge on any atom is 0.416 e. The van der Waals surface area contributed by atoms with Gasteiger partial charge in [-0.05, 0) is 31.0 Å². The van der Waals surface area contributed by atoms with Crippen LogP contribution in [0.15, 0.2) is 42.5 Å². The van der Waals surface area contributed by atoms with Crippen LogP contribution in [0.1, 0.15) is 37.7 Å². The van der Waals surface area contributed by atoms with E-state index in [0.717, 1.165) is 43.6 Å². The number of nitrogens with zero attached hydrogens (tertiary/aromatic N) is 2. The number of phenolic OH excluding ortho intramolecular Hbond substituents is 1. The van der Waals surface area contributed by atoms with Crippen LogP contribution in [-0.4, -0.2) is 32.6 Å². The monoisotopic (exact) mass is 417 g/mol. The smallest absolute Gasteiger partial charge is 0.416 e. The summed E-state index contributed by atoms with van der Waals surface area (Å²) < 4.78 is 38.8. The summed E-state index contributed by atoms with van der Waals surface area (Å²) in [4.78, 5) is 0. The topological polar surface area (TPSA) is 78.3 Å². The SMILES string of the molecule is Oc1cc(C(F)(F)F)ccc1-c1nnc(NC2CCCCC[C@@H]2O)c2ccccc12. The molecule has 1 aliphatic carbocycles. The molecule has 0 aliphatic heterocycles. The Kier molecular flexibility index (Phi) is 5.51. The van der Waals surface area contributed by atoms with Crippen LogP contribution in [0.3, 0.4) is 0 Å². The van der Waals surface area contributed by atoms with E-state index in [9.17, 15) is 23.4 Å². The highest BCUT2D eigenvalue weighted by Crippen LogP contribution is 2.39. The van der Waals surface area contributed by atoms with Crippen LogP contribution in [-0.2, 0) is 6.18 Å². The average molecular weight is 417 g/mol. The number of aromatic hydroxyl groups is 1. The van der Waals surface area contributed by atoms with Gasteiger partial charge in [0.25, 0.3) is 0 Å². The van der Waals surface area contributed by atoms with Crippen LogP contribution in [0, 0.1) is 0 Å². The highest BCUT2D eigenvalue weighted by Gasteiger charge is 2.31. The van der Waals surface area contributed by atoms with Gasteiger partial charge in [0.2, 0.25) is 0 Å².